The lowest BCUT2D eigenvalue weighted by atomic mass is 9.84. The van der Waals surface area contributed by atoms with Crippen molar-refractivity contribution in [1.82, 2.24) is 0 Å². The van der Waals surface area contributed by atoms with Gasteiger partial charge in [-0.25, -0.2) is 0 Å². The molecule has 0 aromatic heterocycles. The minimum absolute atomic E-state index is 0.149. The zero-order valence-corrected chi connectivity index (χ0v) is 12.7. The first kappa shape index (κ1) is 14.8. The van der Waals surface area contributed by atoms with E-state index in [9.17, 15) is 10.1 Å². The van der Waals surface area contributed by atoms with Crippen LogP contribution in [0.1, 0.15) is 54.7 Å². The molecule has 1 aliphatic rings. The van der Waals surface area contributed by atoms with Crippen molar-refractivity contribution in [3.63, 3.8) is 0 Å². The highest BCUT2D eigenvalue weighted by molar-refractivity contribution is 5.36. The van der Waals surface area contributed by atoms with Gasteiger partial charge in [-0.15, -0.1) is 0 Å². The Morgan fingerprint density at radius 2 is 1.41 bits per heavy atom. The second-order valence-electron chi connectivity index (χ2n) is 6.18. The molecule has 0 radical (unpaired) electrons. The molecule has 0 unspecified atom stereocenters. The smallest absolute Gasteiger partial charge is 0.258 e. The number of nitrogens with zero attached hydrogens (tertiary/aromatic N) is 1. The molecule has 0 saturated heterocycles. The van der Waals surface area contributed by atoms with E-state index in [1.54, 1.807) is 12.1 Å². The van der Waals surface area contributed by atoms with Gasteiger partial charge in [-0.1, -0.05) is 55.7 Å². The maximum Gasteiger partial charge on any atom is 0.269 e. The van der Waals surface area contributed by atoms with Crippen LogP contribution in [0.3, 0.4) is 0 Å². The summed E-state index contributed by atoms with van der Waals surface area (Å²) < 4.78 is 0. The third kappa shape index (κ3) is 3.53. The maximum atomic E-state index is 10.7. The summed E-state index contributed by atoms with van der Waals surface area (Å²) in [6.07, 6.45) is 7.56. The molecule has 0 atom stereocenters. The summed E-state index contributed by atoms with van der Waals surface area (Å²) in [5, 5.41) is 10.7. The topological polar surface area (TPSA) is 43.1 Å². The molecule has 2 aromatic carbocycles. The number of benzene rings is 2. The van der Waals surface area contributed by atoms with Crippen molar-refractivity contribution in [3.8, 4) is 0 Å². The van der Waals surface area contributed by atoms with E-state index in [0.717, 1.165) is 17.9 Å². The lowest BCUT2D eigenvalue weighted by Crippen LogP contribution is -2.04. The van der Waals surface area contributed by atoms with Crippen LogP contribution >= 0.6 is 0 Å². The van der Waals surface area contributed by atoms with Crippen molar-refractivity contribution in [3.05, 3.63) is 75.3 Å². The molecule has 1 aliphatic carbocycles. The van der Waals surface area contributed by atoms with Gasteiger partial charge >= 0.3 is 0 Å². The van der Waals surface area contributed by atoms with Gasteiger partial charge in [0.15, 0.2) is 0 Å². The standard InChI is InChI=1S/C19H21NO2/c21-20(22)19-12-8-16(9-13-19)14-15-6-10-18(11-7-15)17-4-2-1-3-5-17/h6-13,17H,1-5,14H2. The first-order chi connectivity index (χ1) is 10.7. The van der Waals surface area contributed by atoms with Gasteiger partial charge in [0, 0.05) is 12.1 Å². The lowest BCUT2D eigenvalue weighted by molar-refractivity contribution is -0.384. The maximum absolute atomic E-state index is 10.7. The molecule has 0 aliphatic heterocycles. The van der Waals surface area contributed by atoms with E-state index < -0.39 is 0 Å². The Morgan fingerprint density at radius 3 is 1.95 bits per heavy atom. The van der Waals surface area contributed by atoms with E-state index in [1.807, 2.05) is 12.1 Å². The molecule has 114 valence electrons. The number of rotatable bonds is 4. The zero-order chi connectivity index (χ0) is 15.4. The number of nitro benzene ring substituents is 1. The molecule has 1 fully saturated rings. The Hall–Kier alpha value is -2.16. The summed E-state index contributed by atoms with van der Waals surface area (Å²) in [5.41, 5.74) is 3.98. The van der Waals surface area contributed by atoms with Gasteiger partial charge in [-0.3, -0.25) is 10.1 Å². The van der Waals surface area contributed by atoms with Crippen LogP contribution in [0.4, 0.5) is 5.69 Å². The van der Waals surface area contributed by atoms with Crippen molar-refractivity contribution in [2.45, 2.75) is 44.4 Å². The summed E-state index contributed by atoms with van der Waals surface area (Å²) >= 11 is 0. The number of nitro groups is 1. The summed E-state index contributed by atoms with van der Waals surface area (Å²) in [5.74, 6) is 0.738. The van der Waals surface area contributed by atoms with Crippen molar-refractivity contribution in [2.24, 2.45) is 0 Å². The van der Waals surface area contributed by atoms with Crippen molar-refractivity contribution in [1.29, 1.82) is 0 Å². The predicted octanol–water partition coefficient (Wildman–Crippen LogP) is 5.23. The van der Waals surface area contributed by atoms with Crippen LogP contribution in [0.25, 0.3) is 0 Å². The Bertz CT molecular complexity index is 625. The second kappa shape index (κ2) is 6.73. The van der Waals surface area contributed by atoms with Crippen LogP contribution in [0, 0.1) is 10.1 Å². The fraction of sp³-hybridized carbons (Fsp3) is 0.368. The van der Waals surface area contributed by atoms with Crippen molar-refractivity contribution < 1.29 is 4.92 Å². The van der Waals surface area contributed by atoms with Gasteiger partial charge in [-0.05, 0) is 41.9 Å². The average Bonchev–Trinajstić information content (AvgIpc) is 2.57. The van der Waals surface area contributed by atoms with Crippen LogP contribution in [-0.2, 0) is 6.42 Å². The molecule has 3 nitrogen and oxygen atoms in total. The van der Waals surface area contributed by atoms with Gasteiger partial charge in [-0.2, -0.15) is 0 Å². The van der Waals surface area contributed by atoms with Crippen LogP contribution in [-0.4, -0.2) is 4.92 Å². The predicted molar refractivity (Wildman–Crippen MR) is 88.2 cm³/mol. The largest absolute Gasteiger partial charge is 0.269 e. The van der Waals surface area contributed by atoms with Gasteiger partial charge < -0.3 is 0 Å². The summed E-state index contributed by atoms with van der Waals surface area (Å²) in [6.45, 7) is 0. The highest BCUT2D eigenvalue weighted by Crippen LogP contribution is 2.32. The van der Waals surface area contributed by atoms with Crippen LogP contribution in [0.15, 0.2) is 48.5 Å². The Labute approximate surface area is 131 Å². The normalized spacial score (nSPS) is 15.6. The fourth-order valence-electron chi connectivity index (χ4n) is 3.31. The van der Waals surface area contributed by atoms with Crippen LogP contribution < -0.4 is 0 Å². The van der Waals surface area contributed by atoms with E-state index in [4.69, 9.17) is 0 Å². The Balaban J connectivity index is 1.66. The van der Waals surface area contributed by atoms with E-state index in [1.165, 1.54) is 43.2 Å². The van der Waals surface area contributed by atoms with Crippen LogP contribution in [0.5, 0.6) is 0 Å². The minimum Gasteiger partial charge on any atom is -0.258 e. The van der Waals surface area contributed by atoms with E-state index in [-0.39, 0.29) is 10.6 Å². The first-order valence-corrected chi connectivity index (χ1v) is 8.04. The number of hydrogen-bond donors (Lipinski definition) is 0. The lowest BCUT2D eigenvalue weighted by Gasteiger charge is -2.22. The first-order valence-electron chi connectivity index (χ1n) is 8.04. The molecule has 0 N–H and O–H groups in total. The molecule has 0 spiro atoms. The molecular formula is C19H21NO2. The molecule has 1 saturated carbocycles. The summed E-state index contributed by atoms with van der Waals surface area (Å²) in [7, 11) is 0. The SMILES string of the molecule is O=[N+]([O-])c1ccc(Cc2ccc(C3CCCCC3)cc2)cc1. The molecular weight excluding hydrogens is 274 g/mol. The molecule has 2 aromatic rings. The third-order valence-corrected chi connectivity index (χ3v) is 4.61. The third-order valence-electron chi connectivity index (χ3n) is 4.61. The minimum atomic E-state index is -0.358. The second-order valence-corrected chi connectivity index (χ2v) is 6.18. The summed E-state index contributed by atoms with van der Waals surface area (Å²) in [4.78, 5) is 10.3. The van der Waals surface area contributed by atoms with Crippen LogP contribution in [0.2, 0.25) is 0 Å². The van der Waals surface area contributed by atoms with E-state index >= 15 is 0 Å². The Morgan fingerprint density at radius 1 is 0.864 bits per heavy atom. The van der Waals surface area contributed by atoms with Gasteiger partial charge in [0.05, 0.1) is 4.92 Å². The van der Waals surface area contributed by atoms with Crippen molar-refractivity contribution >= 4 is 5.69 Å². The molecule has 3 heteroatoms. The monoisotopic (exact) mass is 295 g/mol. The molecule has 3 rings (SSSR count). The molecule has 0 heterocycles. The number of hydrogen-bond acceptors (Lipinski definition) is 2. The quantitative estimate of drug-likeness (QED) is 0.572. The number of non-ortho nitro benzene ring substituents is 1. The molecule has 22 heavy (non-hydrogen) atoms. The van der Waals surface area contributed by atoms with Gasteiger partial charge in [0.2, 0.25) is 0 Å². The van der Waals surface area contributed by atoms with E-state index in [0.29, 0.717) is 0 Å². The average molecular weight is 295 g/mol. The van der Waals surface area contributed by atoms with E-state index in [2.05, 4.69) is 24.3 Å². The van der Waals surface area contributed by atoms with Crippen molar-refractivity contribution in [2.75, 3.05) is 0 Å². The molecule has 0 amide bonds. The fourth-order valence-corrected chi connectivity index (χ4v) is 3.31. The zero-order valence-electron chi connectivity index (χ0n) is 12.7. The molecule has 0 bridgehead atoms. The van der Waals surface area contributed by atoms with Gasteiger partial charge in [0.25, 0.3) is 5.69 Å². The Kier molecular flexibility index (Phi) is 4.52. The van der Waals surface area contributed by atoms with Gasteiger partial charge in [0.1, 0.15) is 0 Å². The highest BCUT2D eigenvalue weighted by atomic mass is 16.6. The highest BCUT2D eigenvalue weighted by Gasteiger charge is 2.15. The summed E-state index contributed by atoms with van der Waals surface area (Å²) in [6, 6.07) is 15.8.